The highest BCUT2D eigenvalue weighted by Crippen LogP contribution is 2.11. The Morgan fingerprint density at radius 3 is 3.50 bits per heavy atom. The summed E-state index contributed by atoms with van der Waals surface area (Å²) in [5, 5.41) is 0. The Labute approximate surface area is 59.9 Å². The van der Waals surface area contributed by atoms with E-state index in [4.69, 9.17) is 5.73 Å². The largest absolute Gasteiger partial charge is 0.334 e. The van der Waals surface area contributed by atoms with Crippen molar-refractivity contribution in [2.45, 2.75) is 25.4 Å². The molecule has 1 unspecified atom stereocenters. The number of nitrogens with two attached hydrogens (primary N) is 1. The van der Waals surface area contributed by atoms with Gasteiger partial charge in [-0.3, -0.25) is 0 Å². The molecule has 0 saturated heterocycles. The Morgan fingerprint density at radius 1 is 1.70 bits per heavy atom. The molecule has 1 aromatic rings. The molecule has 3 heteroatoms. The Morgan fingerprint density at radius 2 is 2.60 bits per heavy atom. The van der Waals surface area contributed by atoms with E-state index >= 15 is 0 Å². The smallest absolute Gasteiger partial charge is 0.0948 e. The van der Waals surface area contributed by atoms with E-state index < -0.39 is 0 Å². The summed E-state index contributed by atoms with van der Waals surface area (Å²) in [6.07, 6.45) is 5.85. The first-order chi connectivity index (χ1) is 4.86. The lowest BCUT2D eigenvalue weighted by Gasteiger charge is -2.19. The predicted molar refractivity (Wildman–Crippen MR) is 38.5 cm³/mol. The van der Waals surface area contributed by atoms with Crippen molar-refractivity contribution in [1.82, 2.24) is 9.55 Å². The summed E-state index contributed by atoms with van der Waals surface area (Å²) in [5.41, 5.74) is 7.04. The van der Waals surface area contributed by atoms with E-state index in [1.165, 1.54) is 5.69 Å². The second kappa shape index (κ2) is 2.09. The lowest BCUT2D eigenvalue weighted by atomic mass is 10.1. The second-order valence-electron chi connectivity index (χ2n) is 2.83. The van der Waals surface area contributed by atoms with Crippen LogP contribution in [0.1, 0.15) is 12.1 Å². The van der Waals surface area contributed by atoms with Crippen LogP contribution in [-0.2, 0) is 13.0 Å². The molecule has 10 heavy (non-hydrogen) atoms. The molecule has 0 amide bonds. The van der Waals surface area contributed by atoms with Crippen LogP contribution >= 0.6 is 0 Å². The standard InChI is InChI=1S/C7H11N3/c8-6-1-2-10-5-9-4-7(10)3-6/h4-6H,1-3,8H2. The highest BCUT2D eigenvalue weighted by Gasteiger charge is 2.13. The van der Waals surface area contributed by atoms with Crippen molar-refractivity contribution in [3.05, 3.63) is 18.2 Å². The molecule has 2 N–H and O–H groups in total. The van der Waals surface area contributed by atoms with Crippen LogP contribution in [0.3, 0.4) is 0 Å². The Kier molecular flexibility index (Phi) is 1.24. The topological polar surface area (TPSA) is 43.8 Å². The Bertz CT molecular complexity index is 229. The maximum absolute atomic E-state index is 5.77. The fourth-order valence-corrected chi connectivity index (χ4v) is 1.40. The summed E-state index contributed by atoms with van der Waals surface area (Å²) in [5.74, 6) is 0. The zero-order valence-corrected chi connectivity index (χ0v) is 5.83. The van der Waals surface area contributed by atoms with Crippen LogP contribution in [0.4, 0.5) is 0 Å². The van der Waals surface area contributed by atoms with Gasteiger partial charge in [-0.25, -0.2) is 4.98 Å². The van der Waals surface area contributed by atoms with Gasteiger partial charge in [0.2, 0.25) is 0 Å². The van der Waals surface area contributed by atoms with Gasteiger partial charge in [0.05, 0.1) is 6.33 Å². The zero-order valence-electron chi connectivity index (χ0n) is 5.83. The lowest BCUT2D eigenvalue weighted by Crippen LogP contribution is -2.30. The zero-order chi connectivity index (χ0) is 6.97. The SMILES string of the molecule is NC1CCn2cncc2C1. The van der Waals surface area contributed by atoms with E-state index in [0.29, 0.717) is 6.04 Å². The van der Waals surface area contributed by atoms with Gasteiger partial charge in [-0.1, -0.05) is 0 Å². The molecule has 0 saturated carbocycles. The molecule has 2 rings (SSSR count). The number of fused-ring (bicyclic) bond motifs is 1. The molecular weight excluding hydrogens is 126 g/mol. The van der Waals surface area contributed by atoms with E-state index in [2.05, 4.69) is 9.55 Å². The molecular formula is C7H11N3. The van der Waals surface area contributed by atoms with Gasteiger partial charge in [0.25, 0.3) is 0 Å². The van der Waals surface area contributed by atoms with Crippen molar-refractivity contribution in [1.29, 1.82) is 0 Å². The third kappa shape index (κ3) is 0.827. The van der Waals surface area contributed by atoms with Crippen molar-refractivity contribution in [2.75, 3.05) is 0 Å². The third-order valence-electron chi connectivity index (χ3n) is 2.01. The molecule has 1 aliphatic heterocycles. The number of rotatable bonds is 0. The van der Waals surface area contributed by atoms with Gasteiger partial charge in [-0.2, -0.15) is 0 Å². The number of aromatic nitrogens is 2. The molecule has 1 atom stereocenters. The molecule has 1 aromatic heterocycles. The van der Waals surface area contributed by atoms with Crippen molar-refractivity contribution in [3.8, 4) is 0 Å². The monoisotopic (exact) mass is 137 g/mol. The molecule has 3 nitrogen and oxygen atoms in total. The number of hydrogen-bond acceptors (Lipinski definition) is 2. The van der Waals surface area contributed by atoms with Gasteiger partial charge in [-0.05, 0) is 6.42 Å². The lowest BCUT2D eigenvalue weighted by molar-refractivity contribution is 0.471. The van der Waals surface area contributed by atoms with Crippen molar-refractivity contribution in [3.63, 3.8) is 0 Å². The molecule has 54 valence electrons. The molecule has 0 aliphatic carbocycles. The van der Waals surface area contributed by atoms with Gasteiger partial charge in [-0.15, -0.1) is 0 Å². The summed E-state index contributed by atoms with van der Waals surface area (Å²) < 4.78 is 2.17. The minimum atomic E-state index is 0.351. The number of hydrogen-bond donors (Lipinski definition) is 1. The first-order valence-electron chi connectivity index (χ1n) is 3.61. The van der Waals surface area contributed by atoms with Crippen LogP contribution < -0.4 is 5.73 Å². The second-order valence-corrected chi connectivity index (χ2v) is 2.83. The maximum Gasteiger partial charge on any atom is 0.0948 e. The number of imidazole rings is 1. The van der Waals surface area contributed by atoms with Gasteiger partial charge in [0, 0.05) is 30.9 Å². The van der Waals surface area contributed by atoms with E-state index in [1.807, 2.05) is 12.5 Å². The molecule has 0 spiro atoms. The fourth-order valence-electron chi connectivity index (χ4n) is 1.40. The number of nitrogens with zero attached hydrogens (tertiary/aromatic N) is 2. The minimum Gasteiger partial charge on any atom is -0.334 e. The van der Waals surface area contributed by atoms with Crippen LogP contribution in [-0.4, -0.2) is 15.6 Å². The maximum atomic E-state index is 5.77. The normalized spacial score (nSPS) is 24.3. The first kappa shape index (κ1) is 5.92. The van der Waals surface area contributed by atoms with Gasteiger partial charge in [0.1, 0.15) is 0 Å². The molecule has 2 heterocycles. The molecule has 0 fully saturated rings. The van der Waals surface area contributed by atoms with Crippen LogP contribution in [0.15, 0.2) is 12.5 Å². The highest BCUT2D eigenvalue weighted by atomic mass is 15.1. The fraction of sp³-hybridized carbons (Fsp3) is 0.571. The van der Waals surface area contributed by atoms with E-state index in [0.717, 1.165) is 19.4 Å². The summed E-state index contributed by atoms with van der Waals surface area (Å²) >= 11 is 0. The van der Waals surface area contributed by atoms with Gasteiger partial charge >= 0.3 is 0 Å². The quantitative estimate of drug-likeness (QED) is 0.553. The van der Waals surface area contributed by atoms with Crippen molar-refractivity contribution >= 4 is 0 Å². The molecule has 0 radical (unpaired) electrons. The Hall–Kier alpha value is -0.830. The van der Waals surface area contributed by atoms with Crippen molar-refractivity contribution < 1.29 is 0 Å². The van der Waals surface area contributed by atoms with Crippen LogP contribution in [0.2, 0.25) is 0 Å². The van der Waals surface area contributed by atoms with Crippen molar-refractivity contribution in [2.24, 2.45) is 5.73 Å². The summed E-state index contributed by atoms with van der Waals surface area (Å²) in [6.45, 7) is 1.04. The first-order valence-corrected chi connectivity index (χ1v) is 3.61. The highest BCUT2D eigenvalue weighted by molar-refractivity contribution is 5.03. The van der Waals surface area contributed by atoms with Crippen LogP contribution in [0.5, 0.6) is 0 Å². The van der Waals surface area contributed by atoms with E-state index in [-0.39, 0.29) is 0 Å². The van der Waals surface area contributed by atoms with Gasteiger partial charge < -0.3 is 10.3 Å². The van der Waals surface area contributed by atoms with Crippen LogP contribution in [0.25, 0.3) is 0 Å². The predicted octanol–water partition coefficient (Wildman–Crippen LogP) is 0.157. The average Bonchev–Trinajstić information content (AvgIpc) is 2.33. The average molecular weight is 137 g/mol. The summed E-state index contributed by atoms with van der Waals surface area (Å²) in [6, 6.07) is 0.351. The molecule has 1 aliphatic rings. The summed E-state index contributed by atoms with van der Waals surface area (Å²) in [4.78, 5) is 4.05. The summed E-state index contributed by atoms with van der Waals surface area (Å²) in [7, 11) is 0. The number of aryl methyl sites for hydroxylation is 1. The minimum absolute atomic E-state index is 0.351. The Balaban J connectivity index is 2.30. The van der Waals surface area contributed by atoms with Crippen LogP contribution in [0, 0.1) is 0 Å². The molecule has 0 aromatic carbocycles. The third-order valence-corrected chi connectivity index (χ3v) is 2.01. The van der Waals surface area contributed by atoms with Gasteiger partial charge in [0.15, 0.2) is 0 Å². The van der Waals surface area contributed by atoms with E-state index in [1.54, 1.807) is 0 Å². The molecule has 0 bridgehead atoms. The van der Waals surface area contributed by atoms with E-state index in [9.17, 15) is 0 Å².